The Labute approximate surface area is 161 Å². The quantitative estimate of drug-likeness (QED) is 0.356. The topological polar surface area (TPSA) is 0 Å². The smallest absolute Gasteiger partial charge is 0.0165 e. The molecule has 0 amide bonds. The maximum absolute atomic E-state index is 2.36. The van der Waals surface area contributed by atoms with Crippen molar-refractivity contribution in [3.63, 3.8) is 0 Å². The number of hydrogen-bond donors (Lipinski definition) is 0. The molecule has 0 saturated heterocycles. The van der Waals surface area contributed by atoms with Gasteiger partial charge >= 0.3 is 0 Å². The first-order valence-corrected chi connectivity index (χ1v) is 9.56. The number of fused-ring (bicyclic) bond motifs is 3. The molecule has 0 spiro atoms. The number of benzene rings is 4. The van der Waals surface area contributed by atoms with Crippen molar-refractivity contribution in [2.45, 2.75) is 19.3 Å². The van der Waals surface area contributed by atoms with Crippen LogP contribution in [0.25, 0.3) is 33.4 Å². The molecular formula is C27H22. The highest BCUT2D eigenvalue weighted by atomic mass is 14.4. The molecule has 0 heteroatoms. The van der Waals surface area contributed by atoms with Gasteiger partial charge in [-0.15, -0.1) is 0 Å². The van der Waals surface area contributed by atoms with E-state index in [1.54, 1.807) is 0 Å². The molecule has 0 aromatic heterocycles. The summed E-state index contributed by atoms with van der Waals surface area (Å²) < 4.78 is 0. The normalized spacial score (nSPS) is 13.9. The largest absolute Gasteiger partial charge is 0.0622 e. The van der Waals surface area contributed by atoms with Crippen molar-refractivity contribution in [3.8, 4) is 33.4 Å². The van der Waals surface area contributed by atoms with Crippen molar-refractivity contribution in [1.29, 1.82) is 0 Å². The summed E-state index contributed by atoms with van der Waals surface area (Å²) in [6.45, 7) is 4.72. The minimum Gasteiger partial charge on any atom is -0.0622 e. The Kier molecular flexibility index (Phi) is 3.55. The molecule has 4 aromatic rings. The fourth-order valence-electron chi connectivity index (χ4n) is 4.65. The van der Waals surface area contributed by atoms with Crippen molar-refractivity contribution in [2.75, 3.05) is 0 Å². The average Bonchev–Trinajstić information content (AvgIpc) is 2.97. The van der Waals surface area contributed by atoms with Gasteiger partial charge in [0, 0.05) is 5.41 Å². The first kappa shape index (κ1) is 16.1. The Morgan fingerprint density at radius 2 is 1.00 bits per heavy atom. The van der Waals surface area contributed by atoms with E-state index in [1.807, 2.05) is 0 Å². The van der Waals surface area contributed by atoms with Gasteiger partial charge in [-0.2, -0.15) is 0 Å². The van der Waals surface area contributed by atoms with Gasteiger partial charge in [-0.1, -0.05) is 111 Å². The molecule has 0 N–H and O–H groups in total. The lowest BCUT2D eigenvalue weighted by molar-refractivity contribution is 0.662. The second kappa shape index (κ2) is 5.96. The summed E-state index contributed by atoms with van der Waals surface area (Å²) in [5.74, 6) is 0. The SMILES string of the molecule is CC1(C)c2cccc(-c3ccccc3)c2-c2cccc(-c3ccccc3)c21. The molecule has 0 aliphatic heterocycles. The summed E-state index contributed by atoms with van der Waals surface area (Å²) in [4.78, 5) is 0. The lowest BCUT2D eigenvalue weighted by Gasteiger charge is -2.24. The van der Waals surface area contributed by atoms with Gasteiger partial charge in [-0.05, 0) is 44.5 Å². The molecule has 1 aliphatic rings. The molecule has 0 nitrogen and oxygen atoms in total. The summed E-state index contributed by atoms with van der Waals surface area (Å²) in [7, 11) is 0. The van der Waals surface area contributed by atoms with Crippen LogP contribution in [0.5, 0.6) is 0 Å². The Balaban J connectivity index is 1.84. The zero-order chi connectivity index (χ0) is 18.4. The van der Waals surface area contributed by atoms with Crippen LogP contribution in [-0.2, 0) is 5.41 Å². The zero-order valence-corrected chi connectivity index (χ0v) is 15.7. The molecule has 0 atom stereocenters. The summed E-state index contributed by atoms with van der Waals surface area (Å²) in [6, 6.07) is 35.0. The van der Waals surface area contributed by atoms with E-state index in [1.165, 1.54) is 44.5 Å². The second-order valence-corrected chi connectivity index (χ2v) is 7.81. The van der Waals surface area contributed by atoms with E-state index >= 15 is 0 Å². The highest BCUT2D eigenvalue weighted by Crippen LogP contribution is 2.54. The average molecular weight is 346 g/mol. The van der Waals surface area contributed by atoms with E-state index in [2.05, 4.69) is 111 Å². The van der Waals surface area contributed by atoms with E-state index in [0.717, 1.165) is 0 Å². The lowest BCUT2D eigenvalue weighted by atomic mass is 9.78. The van der Waals surface area contributed by atoms with E-state index in [0.29, 0.717) is 0 Å². The predicted octanol–water partition coefficient (Wildman–Crippen LogP) is 7.33. The van der Waals surface area contributed by atoms with E-state index < -0.39 is 0 Å². The third-order valence-corrected chi connectivity index (χ3v) is 5.87. The number of rotatable bonds is 2. The maximum Gasteiger partial charge on any atom is 0.0165 e. The second-order valence-electron chi connectivity index (χ2n) is 7.81. The van der Waals surface area contributed by atoms with E-state index in [4.69, 9.17) is 0 Å². The lowest BCUT2D eigenvalue weighted by Crippen LogP contribution is -2.16. The Hall–Kier alpha value is -3.12. The minimum atomic E-state index is -0.0259. The Bertz CT molecular complexity index is 1120. The molecule has 0 bridgehead atoms. The molecule has 0 saturated carbocycles. The van der Waals surface area contributed by atoms with Gasteiger partial charge in [-0.3, -0.25) is 0 Å². The molecule has 130 valence electrons. The first-order chi connectivity index (χ1) is 13.2. The molecule has 0 heterocycles. The molecule has 0 unspecified atom stereocenters. The highest BCUT2D eigenvalue weighted by Gasteiger charge is 2.38. The summed E-state index contributed by atoms with van der Waals surface area (Å²) in [5, 5.41) is 0. The molecule has 0 radical (unpaired) electrons. The first-order valence-electron chi connectivity index (χ1n) is 9.56. The summed E-state index contributed by atoms with van der Waals surface area (Å²) in [6.07, 6.45) is 0. The van der Waals surface area contributed by atoms with Crippen LogP contribution in [0.15, 0.2) is 97.1 Å². The monoisotopic (exact) mass is 346 g/mol. The van der Waals surface area contributed by atoms with Gasteiger partial charge < -0.3 is 0 Å². The highest BCUT2D eigenvalue weighted by molar-refractivity contribution is 5.95. The fraction of sp³-hybridized carbons (Fsp3) is 0.111. The van der Waals surface area contributed by atoms with Gasteiger partial charge in [0.2, 0.25) is 0 Å². The van der Waals surface area contributed by atoms with Crippen molar-refractivity contribution in [3.05, 3.63) is 108 Å². The molecular weight excluding hydrogens is 324 g/mol. The van der Waals surface area contributed by atoms with Gasteiger partial charge in [0.15, 0.2) is 0 Å². The van der Waals surface area contributed by atoms with Gasteiger partial charge in [0.25, 0.3) is 0 Å². The van der Waals surface area contributed by atoms with Crippen LogP contribution in [0.3, 0.4) is 0 Å². The molecule has 1 aliphatic carbocycles. The summed E-state index contributed by atoms with van der Waals surface area (Å²) >= 11 is 0. The molecule has 27 heavy (non-hydrogen) atoms. The van der Waals surface area contributed by atoms with Crippen LogP contribution in [-0.4, -0.2) is 0 Å². The van der Waals surface area contributed by atoms with Crippen LogP contribution < -0.4 is 0 Å². The van der Waals surface area contributed by atoms with E-state index in [9.17, 15) is 0 Å². The van der Waals surface area contributed by atoms with Crippen LogP contribution in [0.4, 0.5) is 0 Å². The standard InChI is InChI=1S/C27H22/c1-27(2)24-18-10-15-21(19-11-5-3-6-12-19)25(24)23-17-9-16-22(26(23)27)20-13-7-4-8-14-20/h3-18H,1-2H3. The number of hydrogen-bond acceptors (Lipinski definition) is 0. The Morgan fingerprint density at radius 1 is 0.481 bits per heavy atom. The van der Waals surface area contributed by atoms with Crippen molar-refractivity contribution in [1.82, 2.24) is 0 Å². The molecule has 4 aromatic carbocycles. The zero-order valence-electron chi connectivity index (χ0n) is 15.7. The summed E-state index contributed by atoms with van der Waals surface area (Å²) in [5.41, 5.74) is 10.8. The van der Waals surface area contributed by atoms with Gasteiger partial charge in [-0.25, -0.2) is 0 Å². The van der Waals surface area contributed by atoms with E-state index in [-0.39, 0.29) is 5.41 Å². The van der Waals surface area contributed by atoms with Crippen LogP contribution in [0.2, 0.25) is 0 Å². The van der Waals surface area contributed by atoms with Crippen LogP contribution >= 0.6 is 0 Å². The van der Waals surface area contributed by atoms with Gasteiger partial charge in [0.1, 0.15) is 0 Å². The maximum atomic E-state index is 2.36. The van der Waals surface area contributed by atoms with Crippen LogP contribution in [0, 0.1) is 0 Å². The third kappa shape index (κ3) is 2.37. The fourth-order valence-corrected chi connectivity index (χ4v) is 4.65. The van der Waals surface area contributed by atoms with Crippen molar-refractivity contribution >= 4 is 0 Å². The molecule has 0 fully saturated rings. The predicted molar refractivity (Wildman–Crippen MR) is 115 cm³/mol. The van der Waals surface area contributed by atoms with Crippen LogP contribution in [0.1, 0.15) is 25.0 Å². The van der Waals surface area contributed by atoms with Crippen molar-refractivity contribution in [2.24, 2.45) is 0 Å². The van der Waals surface area contributed by atoms with Gasteiger partial charge in [0.05, 0.1) is 0 Å². The minimum absolute atomic E-state index is 0.0259. The van der Waals surface area contributed by atoms with Crippen molar-refractivity contribution < 1.29 is 0 Å². The third-order valence-electron chi connectivity index (χ3n) is 5.87. The molecule has 5 rings (SSSR count). The Morgan fingerprint density at radius 3 is 1.67 bits per heavy atom.